The van der Waals surface area contributed by atoms with Gasteiger partial charge in [-0.3, -0.25) is 4.79 Å². The van der Waals surface area contributed by atoms with Crippen LogP contribution in [0.5, 0.6) is 0 Å². The van der Waals surface area contributed by atoms with E-state index in [9.17, 15) is 9.59 Å². The highest BCUT2D eigenvalue weighted by atomic mass is 16.5. The predicted octanol–water partition coefficient (Wildman–Crippen LogP) is 2.63. The molecule has 2 heterocycles. The smallest absolute Gasteiger partial charge is 0.355 e. The van der Waals surface area contributed by atoms with E-state index >= 15 is 0 Å². The van der Waals surface area contributed by atoms with Crippen molar-refractivity contribution in [3.63, 3.8) is 0 Å². The molecule has 94 valence electrons. The van der Waals surface area contributed by atoms with Crippen molar-refractivity contribution < 1.29 is 14.3 Å². The zero-order valence-electron chi connectivity index (χ0n) is 10.7. The van der Waals surface area contributed by atoms with Gasteiger partial charge in [0.1, 0.15) is 5.69 Å². The lowest BCUT2D eigenvalue weighted by molar-refractivity contribution is 0.0517. The number of Topliss-reactive ketones (excluding diaryl/α,β-unsaturated/α-hetero) is 1. The molecule has 0 amide bonds. The number of ketones is 1. The Labute approximate surface area is 105 Å². The molecule has 0 bridgehead atoms. The Balaban J connectivity index is 2.77. The van der Waals surface area contributed by atoms with E-state index in [0.29, 0.717) is 23.4 Å². The average molecular weight is 245 g/mol. The number of hydrogen-bond acceptors (Lipinski definition) is 3. The van der Waals surface area contributed by atoms with Gasteiger partial charge in [0, 0.05) is 11.8 Å². The highest BCUT2D eigenvalue weighted by Crippen LogP contribution is 2.24. The first-order chi connectivity index (χ1) is 8.57. The van der Waals surface area contributed by atoms with Crippen LogP contribution in [0.3, 0.4) is 0 Å². The van der Waals surface area contributed by atoms with Gasteiger partial charge in [0.25, 0.3) is 0 Å². The highest BCUT2D eigenvalue weighted by molar-refractivity contribution is 6.06. The van der Waals surface area contributed by atoms with Gasteiger partial charge in [-0.2, -0.15) is 0 Å². The summed E-state index contributed by atoms with van der Waals surface area (Å²) in [5.74, 6) is -0.449. The summed E-state index contributed by atoms with van der Waals surface area (Å²) in [5.41, 5.74) is 2.43. The maximum atomic E-state index is 12.0. The Hall–Kier alpha value is -2.10. The number of aromatic nitrogens is 1. The fraction of sp³-hybridized carbons (Fsp3) is 0.286. The molecule has 0 saturated heterocycles. The van der Waals surface area contributed by atoms with E-state index in [0.717, 1.165) is 5.52 Å². The zero-order chi connectivity index (χ0) is 13.3. The number of carbonyl (C=O) groups excluding carboxylic acids is 2. The molecule has 4 heteroatoms. The summed E-state index contributed by atoms with van der Waals surface area (Å²) in [7, 11) is 0. The van der Waals surface area contributed by atoms with Crippen LogP contribution in [0.2, 0.25) is 0 Å². The summed E-state index contributed by atoms with van der Waals surface area (Å²) >= 11 is 0. The van der Waals surface area contributed by atoms with Crippen molar-refractivity contribution in [1.82, 2.24) is 4.40 Å². The van der Waals surface area contributed by atoms with Crippen LogP contribution in [0.15, 0.2) is 24.4 Å². The third-order valence-electron chi connectivity index (χ3n) is 2.91. The van der Waals surface area contributed by atoms with Crippen LogP contribution in [0.4, 0.5) is 0 Å². The molecular weight excluding hydrogens is 230 g/mol. The summed E-state index contributed by atoms with van der Waals surface area (Å²) in [6.07, 6.45) is 1.76. The van der Waals surface area contributed by atoms with Gasteiger partial charge in [0.05, 0.1) is 12.1 Å². The fourth-order valence-electron chi connectivity index (χ4n) is 2.23. The van der Waals surface area contributed by atoms with E-state index in [1.807, 2.05) is 18.2 Å². The number of nitrogens with zero attached hydrogens (tertiary/aromatic N) is 1. The maximum absolute atomic E-state index is 12.0. The molecule has 0 aromatic carbocycles. The SMILES string of the molecule is CCOC(=O)c1c(C)c(C(C)=O)c2ccccn12. The molecule has 2 aromatic heterocycles. The monoisotopic (exact) mass is 245 g/mol. The van der Waals surface area contributed by atoms with E-state index in [2.05, 4.69) is 0 Å². The second kappa shape index (κ2) is 4.64. The molecule has 2 rings (SSSR count). The summed E-state index contributed by atoms with van der Waals surface area (Å²) in [6.45, 7) is 5.35. The number of fused-ring (bicyclic) bond motifs is 1. The summed E-state index contributed by atoms with van der Waals surface area (Å²) in [6, 6.07) is 5.49. The molecule has 4 nitrogen and oxygen atoms in total. The lowest BCUT2D eigenvalue weighted by atomic mass is 10.1. The normalized spacial score (nSPS) is 10.6. The first-order valence-corrected chi connectivity index (χ1v) is 5.85. The third-order valence-corrected chi connectivity index (χ3v) is 2.91. The predicted molar refractivity (Wildman–Crippen MR) is 68.1 cm³/mol. The van der Waals surface area contributed by atoms with E-state index in [4.69, 9.17) is 4.74 Å². The van der Waals surface area contributed by atoms with Gasteiger partial charge in [-0.1, -0.05) is 6.07 Å². The van der Waals surface area contributed by atoms with Gasteiger partial charge < -0.3 is 9.14 Å². The quantitative estimate of drug-likeness (QED) is 0.617. The molecule has 0 N–H and O–H groups in total. The average Bonchev–Trinajstić information content (AvgIpc) is 2.61. The van der Waals surface area contributed by atoms with Crippen LogP contribution in [0.25, 0.3) is 5.52 Å². The Bertz CT molecular complexity index is 625. The zero-order valence-corrected chi connectivity index (χ0v) is 10.7. The van der Waals surface area contributed by atoms with Crippen molar-refractivity contribution in [3.8, 4) is 0 Å². The third kappa shape index (κ3) is 1.79. The van der Waals surface area contributed by atoms with Crippen LogP contribution in [0, 0.1) is 6.92 Å². The molecule has 0 spiro atoms. The van der Waals surface area contributed by atoms with Crippen molar-refractivity contribution in [2.75, 3.05) is 6.61 Å². The number of rotatable bonds is 3. The Morgan fingerprint density at radius 3 is 2.67 bits per heavy atom. The van der Waals surface area contributed by atoms with E-state index in [1.165, 1.54) is 6.92 Å². The molecule has 0 aliphatic carbocycles. The van der Waals surface area contributed by atoms with Crippen molar-refractivity contribution in [2.45, 2.75) is 20.8 Å². The lowest BCUT2D eigenvalue weighted by Gasteiger charge is -2.03. The molecular formula is C14H15NO3. The molecule has 0 aliphatic rings. The van der Waals surface area contributed by atoms with Crippen molar-refractivity contribution in [3.05, 3.63) is 41.2 Å². The van der Waals surface area contributed by atoms with Gasteiger partial charge in [0.15, 0.2) is 5.78 Å². The van der Waals surface area contributed by atoms with E-state index < -0.39 is 5.97 Å². The van der Waals surface area contributed by atoms with Gasteiger partial charge in [-0.25, -0.2) is 4.79 Å². The van der Waals surface area contributed by atoms with Crippen molar-refractivity contribution >= 4 is 17.3 Å². The standard InChI is InChI=1S/C14H15NO3/c1-4-18-14(17)13-9(2)12(10(3)16)11-7-5-6-8-15(11)13/h5-8H,4H2,1-3H3. The summed E-state index contributed by atoms with van der Waals surface area (Å²) in [4.78, 5) is 23.7. The van der Waals surface area contributed by atoms with Crippen molar-refractivity contribution in [1.29, 1.82) is 0 Å². The molecule has 0 saturated carbocycles. The van der Waals surface area contributed by atoms with Gasteiger partial charge in [-0.15, -0.1) is 0 Å². The molecule has 0 aliphatic heterocycles. The Kier molecular flexibility index (Phi) is 3.19. The van der Waals surface area contributed by atoms with Crippen LogP contribution >= 0.6 is 0 Å². The maximum Gasteiger partial charge on any atom is 0.355 e. The van der Waals surface area contributed by atoms with Crippen molar-refractivity contribution in [2.24, 2.45) is 0 Å². The number of esters is 1. The van der Waals surface area contributed by atoms with Crippen LogP contribution in [-0.2, 0) is 4.74 Å². The van der Waals surface area contributed by atoms with E-state index in [-0.39, 0.29) is 5.78 Å². The van der Waals surface area contributed by atoms with Gasteiger partial charge in [-0.05, 0) is 38.5 Å². The van der Waals surface area contributed by atoms with Crippen LogP contribution in [-0.4, -0.2) is 22.8 Å². The fourth-order valence-corrected chi connectivity index (χ4v) is 2.23. The number of carbonyl (C=O) groups is 2. The summed E-state index contributed by atoms with van der Waals surface area (Å²) < 4.78 is 6.75. The number of pyridine rings is 1. The minimum absolute atomic E-state index is 0.0493. The topological polar surface area (TPSA) is 47.8 Å². The minimum Gasteiger partial charge on any atom is -0.461 e. The van der Waals surface area contributed by atoms with Gasteiger partial charge in [0.2, 0.25) is 0 Å². The molecule has 2 aromatic rings. The highest BCUT2D eigenvalue weighted by Gasteiger charge is 2.22. The second-order valence-electron chi connectivity index (χ2n) is 4.08. The molecule has 0 radical (unpaired) electrons. The number of ether oxygens (including phenoxy) is 1. The first kappa shape index (κ1) is 12.4. The summed E-state index contributed by atoms with van der Waals surface area (Å²) in [5, 5.41) is 0. The van der Waals surface area contributed by atoms with E-state index in [1.54, 1.807) is 24.4 Å². The number of hydrogen-bond donors (Lipinski definition) is 0. The first-order valence-electron chi connectivity index (χ1n) is 5.85. The lowest BCUT2D eigenvalue weighted by Crippen LogP contribution is -2.09. The molecule has 0 atom stereocenters. The molecule has 18 heavy (non-hydrogen) atoms. The van der Waals surface area contributed by atoms with Gasteiger partial charge >= 0.3 is 5.97 Å². The Morgan fingerprint density at radius 2 is 2.06 bits per heavy atom. The van der Waals surface area contributed by atoms with Crippen LogP contribution in [0.1, 0.15) is 40.3 Å². The largest absolute Gasteiger partial charge is 0.461 e. The molecule has 0 unspecified atom stereocenters. The minimum atomic E-state index is -0.399. The second-order valence-corrected chi connectivity index (χ2v) is 4.08. The Morgan fingerprint density at radius 1 is 1.33 bits per heavy atom. The van der Waals surface area contributed by atoms with Crippen LogP contribution < -0.4 is 0 Å². The molecule has 0 fully saturated rings.